The third kappa shape index (κ3) is 68.2. The highest BCUT2D eigenvalue weighted by atomic mass is 16.7. The first-order valence-electron chi connectivity index (χ1n) is 36.6. The third-order valence-electron chi connectivity index (χ3n) is 16.2. The minimum Gasteiger partial charge on any atom is -0.545 e. The van der Waals surface area contributed by atoms with Gasteiger partial charge in [0.25, 0.3) is 0 Å². The molecule has 0 N–H and O–H groups in total. The van der Waals surface area contributed by atoms with Crippen molar-refractivity contribution < 1.29 is 42.9 Å². The van der Waals surface area contributed by atoms with E-state index in [0.29, 0.717) is 23.9 Å². The van der Waals surface area contributed by atoms with Crippen molar-refractivity contribution in [2.45, 2.75) is 354 Å². The Balaban J connectivity index is 4.08. The molecule has 0 aliphatic carbocycles. The van der Waals surface area contributed by atoms with Gasteiger partial charge in [0.05, 0.1) is 40.3 Å². The molecule has 0 aromatic heterocycles. The van der Waals surface area contributed by atoms with Crippen LogP contribution in [0, 0.1) is 0 Å². The number of carbonyl (C=O) groups excluding carboxylic acids is 3. The van der Waals surface area contributed by atoms with E-state index in [9.17, 15) is 19.5 Å². The summed E-state index contributed by atoms with van der Waals surface area (Å²) in [5, 5.41) is 11.8. The number of likely N-dealkylation sites (N-methyl/N-ethyl adjacent to an activating group) is 1. The highest BCUT2D eigenvalue weighted by Gasteiger charge is 2.22. The first-order valence-corrected chi connectivity index (χ1v) is 36.6. The smallest absolute Gasteiger partial charge is 0.306 e. The number of aliphatic carboxylic acids is 1. The van der Waals surface area contributed by atoms with Gasteiger partial charge >= 0.3 is 11.9 Å². The lowest BCUT2D eigenvalue weighted by atomic mass is 10.0. The number of quaternary nitrogens is 1. The summed E-state index contributed by atoms with van der Waals surface area (Å²) in [6.45, 7) is 4.69. The zero-order valence-electron chi connectivity index (χ0n) is 57.2. The van der Waals surface area contributed by atoms with E-state index in [1.165, 1.54) is 231 Å². The average Bonchev–Trinajstić information content (AvgIpc) is 3.64. The van der Waals surface area contributed by atoms with Crippen LogP contribution in [0.1, 0.15) is 341 Å². The minimum absolute atomic E-state index is 0.147. The van der Waals surface area contributed by atoms with Crippen LogP contribution < -0.4 is 5.11 Å². The van der Waals surface area contributed by atoms with Gasteiger partial charge in [0.2, 0.25) is 0 Å². The summed E-state index contributed by atoms with van der Waals surface area (Å²) >= 11 is 0. The predicted molar refractivity (Wildman–Crippen MR) is 366 cm³/mol. The van der Waals surface area contributed by atoms with Gasteiger partial charge in [-0.3, -0.25) is 9.59 Å². The van der Waals surface area contributed by atoms with Gasteiger partial charge < -0.3 is 33.3 Å². The van der Waals surface area contributed by atoms with Gasteiger partial charge in [-0.25, -0.2) is 0 Å². The average molecular weight is 1210 g/mol. The number of allylic oxidation sites excluding steroid dienone is 12. The van der Waals surface area contributed by atoms with Crippen LogP contribution in [0.3, 0.4) is 0 Å². The number of carbonyl (C=O) groups is 3. The Kier molecular flexibility index (Phi) is 65.1. The molecule has 0 saturated carbocycles. The molecular weight excluding hydrogens is 1070 g/mol. The standard InChI is InChI=1S/C77H139NO8/c1-6-8-10-12-14-16-18-20-22-24-26-28-30-32-34-36-38-40-42-44-46-48-50-52-54-56-58-60-62-64-66-68-75(80)86-73(72-85-77(76(81)82)83-70-69-78(3,4)5)71-84-74(79)67-65-63-61-59-57-55-53-51-49-47-45-43-41-39-37-35-33-31-29-27-25-23-21-19-17-15-13-11-9-7-2/h8,10,14,16,20,22,26,28,32,34,38,40,73,77H,6-7,9,11-13,15,17-19,21,23-25,27,29-31,33,35-37,39,41-72H2,1-5H3/b10-8-,16-14-,22-20-,28-26-,34-32-,40-38-. The summed E-state index contributed by atoms with van der Waals surface area (Å²) in [5.41, 5.74) is 0. The number of rotatable bonds is 68. The molecule has 0 fully saturated rings. The molecule has 2 atom stereocenters. The Morgan fingerprint density at radius 1 is 0.360 bits per heavy atom. The fourth-order valence-electron chi connectivity index (χ4n) is 10.7. The molecule has 86 heavy (non-hydrogen) atoms. The molecule has 0 aliphatic heterocycles. The third-order valence-corrected chi connectivity index (χ3v) is 16.2. The maximum Gasteiger partial charge on any atom is 0.306 e. The first kappa shape index (κ1) is 82.7. The van der Waals surface area contributed by atoms with Crippen LogP contribution in [0.2, 0.25) is 0 Å². The maximum atomic E-state index is 12.9. The second-order valence-electron chi connectivity index (χ2n) is 25.9. The molecule has 9 nitrogen and oxygen atoms in total. The molecule has 0 spiro atoms. The van der Waals surface area contributed by atoms with Gasteiger partial charge in [-0.05, 0) is 64.2 Å². The number of carboxylic acid groups (broad SMARTS) is 1. The number of unbranched alkanes of at least 4 members (excludes halogenated alkanes) is 41. The Hall–Kier alpha value is -3.27. The molecular formula is C77H139NO8. The van der Waals surface area contributed by atoms with E-state index in [0.717, 1.165) is 77.0 Å². The topological polar surface area (TPSA) is 111 Å². The van der Waals surface area contributed by atoms with Crippen molar-refractivity contribution in [1.82, 2.24) is 0 Å². The van der Waals surface area contributed by atoms with Gasteiger partial charge in [0, 0.05) is 12.8 Å². The molecule has 9 heteroatoms. The molecule has 0 amide bonds. The van der Waals surface area contributed by atoms with Crippen LogP contribution in [-0.2, 0) is 33.3 Å². The quantitative estimate of drug-likeness (QED) is 0.0195. The highest BCUT2D eigenvalue weighted by molar-refractivity contribution is 5.70. The fraction of sp³-hybridized carbons (Fsp3) is 0.805. The summed E-state index contributed by atoms with van der Waals surface area (Å²) < 4.78 is 22.8. The number of hydrogen-bond donors (Lipinski definition) is 0. The Labute approximate surface area is 532 Å². The minimum atomic E-state index is -1.62. The molecule has 0 aromatic carbocycles. The van der Waals surface area contributed by atoms with E-state index in [1.807, 2.05) is 21.1 Å². The lowest BCUT2D eigenvalue weighted by Crippen LogP contribution is -2.44. The molecule has 0 heterocycles. The molecule has 2 unspecified atom stereocenters. The monoisotopic (exact) mass is 1210 g/mol. The molecule has 0 saturated heterocycles. The summed E-state index contributed by atoms with van der Waals surface area (Å²) in [6, 6.07) is 0. The van der Waals surface area contributed by atoms with E-state index >= 15 is 0 Å². The van der Waals surface area contributed by atoms with Crippen molar-refractivity contribution in [1.29, 1.82) is 0 Å². The van der Waals surface area contributed by atoms with Crippen LogP contribution in [0.15, 0.2) is 72.9 Å². The van der Waals surface area contributed by atoms with Crippen molar-refractivity contribution in [3.63, 3.8) is 0 Å². The molecule has 500 valence electrons. The summed E-state index contributed by atoms with van der Waals surface area (Å²) in [5.74, 6) is -2.27. The van der Waals surface area contributed by atoms with Crippen LogP contribution >= 0.6 is 0 Å². The fourth-order valence-corrected chi connectivity index (χ4v) is 10.7. The summed E-state index contributed by atoms with van der Waals surface area (Å²) in [7, 11) is 5.94. The van der Waals surface area contributed by atoms with Gasteiger partial charge in [-0.2, -0.15) is 0 Å². The number of nitrogens with zero attached hydrogens (tertiary/aromatic N) is 1. The van der Waals surface area contributed by atoms with Crippen LogP contribution in [0.25, 0.3) is 0 Å². The SMILES string of the molecule is CC/C=C\C/C=C\C/C=C\C/C=C\C/C=C\C/C=C\CCCCCCCCCCCCCCC(=O)OC(COC(=O)CCCCCCCCCCCCCCCCCCCCCCCCCCCCCCCC)COC(OCC[N+](C)(C)C)C(=O)[O-]. The van der Waals surface area contributed by atoms with Crippen molar-refractivity contribution in [2.24, 2.45) is 0 Å². The largest absolute Gasteiger partial charge is 0.545 e. The Morgan fingerprint density at radius 2 is 0.663 bits per heavy atom. The molecule has 0 aliphatic rings. The zero-order valence-corrected chi connectivity index (χ0v) is 57.2. The van der Waals surface area contributed by atoms with E-state index in [-0.39, 0.29) is 32.2 Å². The first-order chi connectivity index (χ1) is 42.1. The number of hydrogen-bond acceptors (Lipinski definition) is 8. The Bertz CT molecular complexity index is 1640. The summed E-state index contributed by atoms with van der Waals surface area (Å²) in [6.07, 6.45) is 87.1. The van der Waals surface area contributed by atoms with E-state index < -0.39 is 24.3 Å². The maximum absolute atomic E-state index is 12.9. The Morgan fingerprint density at radius 3 is 0.988 bits per heavy atom. The predicted octanol–water partition coefficient (Wildman–Crippen LogP) is 21.5. The highest BCUT2D eigenvalue weighted by Crippen LogP contribution is 2.19. The second-order valence-corrected chi connectivity index (χ2v) is 25.9. The van der Waals surface area contributed by atoms with Crippen molar-refractivity contribution >= 4 is 17.9 Å². The second kappa shape index (κ2) is 67.7. The molecule has 0 radical (unpaired) electrons. The molecule has 0 rings (SSSR count). The van der Waals surface area contributed by atoms with Gasteiger partial charge in [-0.1, -0.05) is 337 Å². The number of ether oxygens (including phenoxy) is 4. The van der Waals surface area contributed by atoms with Crippen LogP contribution in [-0.4, -0.2) is 82.3 Å². The number of esters is 2. The van der Waals surface area contributed by atoms with E-state index in [4.69, 9.17) is 18.9 Å². The van der Waals surface area contributed by atoms with Crippen molar-refractivity contribution in [3.05, 3.63) is 72.9 Å². The van der Waals surface area contributed by atoms with Crippen LogP contribution in [0.5, 0.6) is 0 Å². The van der Waals surface area contributed by atoms with E-state index in [1.54, 1.807) is 0 Å². The summed E-state index contributed by atoms with van der Waals surface area (Å²) in [4.78, 5) is 37.5. The number of carboxylic acids is 1. The normalized spacial score (nSPS) is 13.1. The van der Waals surface area contributed by atoms with Gasteiger partial charge in [0.15, 0.2) is 12.4 Å². The van der Waals surface area contributed by atoms with Crippen LogP contribution in [0.4, 0.5) is 0 Å². The molecule has 0 aromatic rings. The zero-order chi connectivity index (χ0) is 62.6. The lowest BCUT2D eigenvalue weighted by Gasteiger charge is -2.26. The van der Waals surface area contributed by atoms with Crippen molar-refractivity contribution in [3.8, 4) is 0 Å². The lowest BCUT2D eigenvalue weighted by molar-refractivity contribution is -0.870. The van der Waals surface area contributed by atoms with E-state index in [2.05, 4.69) is 86.8 Å². The van der Waals surface area contributed by atoms with Gasteiger partial charge in [-0.15, -0.1) is 0 Å². The molecule has 0 bridgehead atoms. The van der Waals surface area contributed by atoms with Crippen molar-refractivity contribution in [2.75, 3.05) is 47.5 Å². The van der Waals surface area contributed by atoms with Gasteiger partial charge in [0.1, 0.15) is 13.2 Å².